The summed E-state index contributed by atoms with van der Waals surface area (Å²) in [4.78, 5) is 15.3. The Hall–Kier alpha value is -2.45. The normalized spacial score (nSPS) is 12.5. The number of carbonyl (C=O) groups is 1. The molecule has 28 heavy (non-hydrogen) atoms. The molecule has 0 aliphatic carbocycles. The molecule has 1 atom stereocenters. The van der Waals surface area contributed by atoms with Crippen molar-refractivity contribution in [3.8, 4) is 5.75 Å². The number of hydrogen-bond acceptors (Lipinski definition) is 5. The molecule has 152 valence electrons. The molecule has 0 unspecified atom stereocenters. The Balaban J connectivity index is 1.78. The van der Waals surface area contributed by atoms with Crippen molar-refractivity contribution in [2.45, 2.75) is 38.6 Å². The molecule has 2 N–H and O–H groups in total. The molecule has 0 fully saturated rings. The second-order valence-corrected chi connectivity index (χ2v) is 8.46. The third kappa shape index (κ3) is 7.66. The summed E-state index contributed by atoms with van der Waals surface area (Å²) in [5, 5.41) is 9.24. The summed E-state index contributed by atoms with van der Waals surface area (Å²) in [6, 6.07) is 9.86. The summed E-state index contributed by atoms with van der Waals surface area (Å²) >= 11 is 0. The molecule has 0 amide bonds. The van der Waals surface area contributed by atoms with E-state index in [0.29, 0.717) is 12.4 Å². The van der Waals surface area contributed by atoms with Crippen molar-refractivity contribution in [1.29, 1.82) is 0 Å². The molecule has 0 aliphatic heterocycles. The van der Waals surface area contributed by atoms with Crippen LogP contribution in [0.25, 0.3) is 0 Å². The number of unbranched alkanes of at least 4 members (excludes halogenated alkanes) is 1. The third-order valence-corrected chi connectivity index (χ3v) is 5.64. The number of ether oxygens (including phenoxy) is 1. The van der Waals surface area contributed by atoms with Gasteiger partial charge in [-0.3, -0.25) is 9.78 Å². The fraction of sp³-hybridized carbons (Fsp3) is 0.400. The van der Waals surface area contributed by atoms with Crippen LogP contribution in [0, 0.1) is 0 Å². The lowest BCUT2D eigenvalue weighted by Gasteiger charge is -2.14. The number of benzene rings is 1. The first-order valence-electron chi connectivity index (χ1n) is 9.23. The summed E-state index contributed by atoms with van der Waals surface area (Å²) in [6.45, 7) is 2.06. The molecule has 7 nitrogen and oxygen atoms in total. The summed E-state index contributed by atoms with van der Waals surface area (Å²) < 4.78 is 31.2. The molecule has 0 radical (unpaired) electrons. The highest BCUT2D eigenvalue weighted by Crippen LogP contribution is 2.15. The van der Waals surface area contributed by atoms with E-state index in [1.54, 1.807) is 36.7 Å². The fourth-order valence-electron chi connectivity index (χ4n) is 2.61. The lowest BCUT2D eigenvalue weighted by Crippen LogP contribution is -2.42. The maximum absolute atomic E-state index is 11.6. The Labute approximate surface area is 165 Å². The van der Waals surface area contributed by atoms with Crippen molar-refractivity contribution in [3.05, 3.63) is 59.9 Å². The molecule has 2 aromatic rings. The number of aliphatic carboxylic acids is 1. The van der Waals surface area contributed by atoms with Crippen LogP contribution in [0.5, 0.6) is 5.75 Å². The number of pyridine rings is 1. The van der Waals surface area contributed by atoms with Gasteiger partial charge in [0.25, 0.3) is 0 Å². The number of nitrogens with one attached hydrogen (secondary N) is 1. The minimum absolute atomic E-state index is 0.0702. The standard InChI is InChI=1S/C20H26N2O5S/c1-2-28(25,26)22-19(20(23)24)15-17-6-8-18(9-7-17)27-14-4-3-5-16-10-12-21-13-11-16/h6-13,19,22H,2-5,14-15H2,1H3,(H,23,24)/t19-/m1/s1. The van der Waals surface area contributed by atoms with Crippen molar-refractivity contribution in [2.24, 2.45) is 0 Å². The van der Waals surface area contributed by atoms with E-state index in [1.807, 2.05) is 12.1 Å². The predicted molar refractivity (Wildman–Crippen MR) is 107 cm³/mol. The van der Waals surface area contributed by atoms with Crippen LogP contribution in [0.4, 0.5) is 0 Å². The van der Waals surface area contributed by atoms with Crippen LogP contribution in [0.1, 0.15) is 30.9 Å². The maximum atomic E-state index is 11.6. The van der Waals surface area contributed by atoms with Gasteiger partial charge in [0.05, 0.1) is 12.4 Å². The number of nitrogens with zero attached hydrogens (tertiary/aromatic N) is 1. The minimum atomic E-state index is -3.59. The lowest BCUT2D eigenvalue weighted by molar-refractivity contribution is -0.138. The molecule has 0 saturated carbocycles. The van der Waals surface area contributed by atoms with Crippen LogP contribution in [0.3, 0.4) is 0 Å². The van der Waals surface area contributed by atoms with Gasteiger partial charge in [0, 0.05) is 12.4 Å². The van der Waals surface area contributed by atoms with Crippen LogP contribution >= 0.6 is 0 Å². The van der Waals surface area contributed by atoms with Gasteiger partial charge in [-0.05, 0) is 68.0 Å². The third-order valence-electron chi connectivity index (χ3n) is 4.24. The van der Waals surface area contributed by atoms with Crippen LogP contribution in [-0.4, -0.2) is 42.9 Å². The first-order chi connectivity index (χ1) is 13.4. The van der Waals surface area contributed by atoms with Gasteiger partial charge in [0.15, 0.2) is 0 Å². The van der Waals surface area contributed by atoms with E-state index in [1.165, 1.54) is 12.5 Å². The number of aromatic nitrogens is 1. The maximum Gasteiger partial charge on any atom is 0.322 e. The molecule has 1 aromatic carbocycles. The molecular formula is C20H26N2O5S. The summed E-state index contributed by atoms with van der Waals surface area (Å²) in [6.07, 6.45) is 6.56. The van der Waals surface area contributed by atoms with Crippen LogP contribution in [-0.2, 0) is 27.7 Å². The molecule has 1 heterocycles. The molecule has 0 aliphatic rings. The zero-order valence-electron chi connectivity index (χ0n) is 15.9. The van der Waals surface area contributed by atoms with Gasteiger partial charge < -0.3 is 9.84 Å². The Morgan fingerprint density at radius 1 is 1.11 bits per heavy atom. The monoisotopic (exact) mass is 406 g/mol. The summed E-state index contributed by atoms with van der Waals surface area (Å²) in [7, 11) is -3.59. The topological polar surface area (TPSA) is 106 Å². The Morgan fingerprint density at radius 2 is 1.79 bits per heavy atom. The average molecular weight is 407 g/mol. The van der Waals surface area contributed by atoms with Gasteiger partial charge in [-0.25, -0.2) is 13.1 Å². The molecule has 0 saturated heterocycles. The Kier molecular flexibility index (Phi) is 8.41. The SMILES string of the molecule is CCS(=O)(=O)N[C@H](Cc1ccc(OCCCCc2ccncc2)cc1)C(=O)O. The zero-order chi connectivity index (χ0) is 20.4. The first kappa shape index (κ1) is 21.8. The van der Waals surface area contributed by atoms with E-state index >= 15 is 0 Å². The van der Waals surface area contributed by atoms with Crippen molar-refractivity contribution >= 4 is 16.0 Å². The quantitative estimate of drug-likeness (QED) is 0.525. The van der Waals surface area contributed by atoms with E-state index in [4.69, 9.17) is 4.74 Å². The second kappa shape index (κ2) is 10.8. The van der Waals surface area contributed by atoms with E-state index in [9.17, 15) is 18.3 Å². The first-order valence-corrected chi connectivity index (χ1v) is 10.9. The van der Waals surface area contributed by atoms with Crippen molar-refractivity contribution < 1.29 is 23.1 Å². The van der Waals surface area contributed by atoms with Crippen LogP contribution in [0.2, 0.25) is 0 Å². The summed E-state index contributed by atoms with van der Waals surface area (Å²) in [5.74, 6) is -0.662. The molecule has 2 rings (SSSR count). The number of aryl methyl sites for hydroxylation is 1. The number of hydrogen-bond donors (Lipinski definition) is 2. The molecule has 0 spiro atoms. The van der Waals surface area contributed by atoms with Crippen LogP contribution in [0.15, 0.2) is 48.8 Å². The molecular weight excluding hydrogens is 380 g/mol. The van der Waals surface area contributed by atoms with Gasteiger partial charge in [0.1, 0.15) is 11.8 Å². The average Bonchev–Trinajstić information content (AvgIpc) is 2.69. The Bertz CT molecular complexity index is 839. The highest BCUT2D eigenvalue weighted by molar-refractivity contribution is 7.89. The van der Waals surface area contributed by atoms with Gasteiger partial charge in [0.2, 0.25) is 10.0 Å². The van der Waals surface area contributed by atoms with Crippen molar-refractivity contribution in [1.82, 2.24) is 9.71 Å². The lowest BCUT2D eigenvalue weighted by atomic mass is 10.1. The van der Waals surface area contributed by atoms with Gasteiger partial charge in [-0.2, -0.15) is 0 Å². The smallest absolute Gasteiger partial charge is 0.322 e. The van der Waals surface area contributed by atoms with E-state index < -0.39 is 22.0 Å². The molecule has 1 aromatic heterocycles. The number of carboxylic acid groups (broad SMARTS) is 1. The number of rotatable bonds is 12. The highest BCUT2D eigenvalue weighted by Gasteiger charge is 2.23. The Morgan fingerprint density at radius 3 is 2.39 bits per heavy atom. The fourth-order valence-corrected chi connectivity index (χ4v) is 3.39. The van der Waals surface area contributed by atoms with Gasteiger partial charge >= 0.3 is 5.97 Å². The molecule has 8 heteroatoms. The van der Waals surface area contributed by atoms with Crippen molar-refractivity contribution in [2.75, 3.05) is 12.4 Å². The van der Waals surface area contributed by atoms with Gasteiger partial charge in [-0.1, -0.05) is 12.1 Å². The van der Waals surface area contributed by atoms with Gasteiger partial charge in [-0.15, -0.1) is 0 Å². The zero-order valence-corrected chi connectivity index (χ0v) is 16.7. The number of sulfonamides is 1. The predicted octanol–water partition coefficient (Wildman–Crippen LogP) is 2.42. The van der Waals surface area contributed by atoms with E-state index in [2.05, 4.69) is 9.71 Å². The van der Waals surface area contributed by atoms with E-state index in [-0.39, 0.29) is 12.2 Å². The number of carboxylic acids is 1. The largest absolute Gasteiger partial charge is 0.494 e. The van der Waals surface area contributed by atoms with Crippen LogP contribution < -0.4 is 9.46 Å². The van der Waals surface area contributed by atoms with Crippen molar-refractivity contribution in [3.63, 3.8) is 0 Å². The minimum Gasteiger partial charge on any atom is -0.494 e. The molecule has 0 bridgehead atoms. The summed E-state index contributed by atoms with van der Waals surface area (Å²) in [5.41, 5.74) is 1.97. The van der Waals surface area contributed by atoms with E-state index in [0.717, 1.165) is 24.8 Å². The highest BCUT2D eigenvalue weighted by atomic mass is 32.2. The second-order valence-electron chi connectivity index (χ2n) is 6.42.